The second kappa shape index (κ2) is 7.29. The fourth-order valence-electron chi connectivity index (χ4n) is 5.10. The van der Waals surface area contributed by atoms with Crippen molar-refractivity contribution >= 4 is 17.3 Å². The molecule has 1 fully saturated rings. The zero-order valence-electron chi connectivity index (χ0n) is 16.9. The third-order valence-electron chi connectivity index (χ3n) is 6.55. The molecule has 0 spiro atoms. The molecule has 2 unspecified atom stereocenters. The van der Waals surface area contributed by atoms with Crippen molar-refractivity contribution in [2.75, 3.05) is 31.2 Å². The van der Waals surface area contributed by atoms with Crippen LogP contribution in [0.5, 0.6) is 0 Å². The van der Waals surface area contributed by atoms with Crippen molar-refractivity contribution in [2.45, 2.75) is 25.8 Å². The summed E-state index contributed by atoms with van der Waals surface area (Å²) < 4.78 is 5.79. The van der Waals surface area contributed by atoms with Gasteiger partial charge in [0.05, 0.1) is 13.2 Å². The molecule has 4 nitrogen and oxygen atoms in total. The number of fused-ring (bicyclic) bond motifs is 1. The zero-order chi connectivity index (χ0) is 19.8. The predicted molar refractivity (Wildman–Crippen MR) is 117 cm³/mol. The molecule has 0 saturated carbocycles. The average Bonchev–Trinajstić information content (AvgIpc) is 3.20. The van der Waals surface area contributed by atoms with E-state index in [2.05, 4.69) is 60.5 Å². The van der Waals surface area contributed by atoms with Crippen molar-refractivity contribution < 1.29 is 9.53 Å². The maximum absolute atomic E-state index is 13.4. The van der Waals surface area contributed by atoms with E-state index in [1.165, 1.54) is 22.4 Å². The van der Waals surface area contributed by atoms with Crippen LogP contribution in [-0.4, -0.2) is 32.2 Å². The molecule has 2 aliphatic heterocycles. The van der Waals surface area contributed by atoms with Gasteiger partial charge in [0.1, 0.15) is 17.9 Å². The summed E-state index contributed by atoms with van der Waals surface area (Å²) in [6, 6.07) is 15.1. The van der Waals surface area contributed by atoms with Crippen molar-refractivity contribution in [1.82, 2.24) is 4.48 Å². The van der Waals surface area contributed by atoms with Crippen LogP contribution in [0.2, 0.25) is 0 Å². The second-order valence-corrected chi connectivity index (χ2v) is 8.15. The van der Waals surface area contributed by atoms with E-state index in [0.29, 0.717) is 0 Å². The summed E-state index contributed by atoms with van der Waals surface area (Å²) in [4.78, 5) is 15.8. The molecule has 1 aliphatic carbocycles. The van der Waals surface area contributed by atoms with Crippen LogP contribution in [0.1, 0.15) is 29.2 Å². The van der Waals surface area contributed by atoms with Crippen LogP contribution in [0, 0.1) is 6.92 Å². The number of ether oxygens (including phenoxy) is 1. The number of benzene rings is 2. The molecule has 0 aromatic heterocycles. The second-order valence-electron chi connectivity index (χ2n) is 8.15. The molecule has 2 aromatic carbocycles. The number of rotatable bonds is 3. The number of carbonyl (C=O) groups is 1. The monoisotopic (exact) mass is 387 g/mol. The minimum absolute atomic E-state index is 0.0994. The molecule has 2 heterocycles. The SMILES string of the molecule is Cc1ccc([N+]2(C3CCc4c3cccc4N3CCOCC3)C=CC=CC2=O)cc1. The van der Waals surface area contributed by atoms with E-state index in [9.17, 15) is 4.79 Å². The number of aryl methyl sites for hydroxylation is 1. The smallest absolute Gasteiger partial charge is 0.348 e. The van der Waals surface area contributed by atoms with E-state index in [0.717, 1.165) is 44.8 Å². The fraction of sp³-hybridized carbons (Fsp3) is 0.320. The number of carbonyl (C=O) groups excluding carboxylic acids is 1. The highest BCUT2D eigenvalue weighted by Gasteiger charge is 2.48. The van der Waals surface area contributed by atoms with Gasteiger partial charge in [-0.15, -0.1) is 0 Å². The Bertz CT molecular complexity index is 986. The highest BCUT2D eigenvalue weighted by Crippen LogP contribution is 2.47. The Morgan fingerprint density at radius 1 is 1.03 bits per heavy atom. The van der Waals surface area contributed by atoms with Gasteiger partial charge in [0.15, 0.2) is 0 Å². The first kappa shape index (κ1) is 18.3. The first-order valence-corrected chi connectivity index (χ1v) is 10.5. The molecule has 148 valence electrons. The summed E-state index contributed by atoms with van der Waals surface area (Å²) in [6.45, 7) is 5.51. The summed E-state index contributed by atoms with van der Waals surface area (Å²) >= 11 is 0. The van der Waals surface area contributed by atoms with Gasteiger partial charge in [-0.05, 0) is 37.1 Å². The predicted octanol–water partition coefficient (Wildman–Crippen LogP) is 4.44. The van der Waals surface area contributed by atoms with Crippen molar-refractivity contribution in [3.63, 3.8) is 0 Å². The van der Waals surface area contributed by atoms with Crippen LogP contribution in [0.3, 0.4) is 0 Å². The molecule has 3 aliphatic rings. The molecule has 0 N–H and O–H groups in total. The molecule has 0 radical (unpaired) electrons. The van der Waals surface area contributed by atoms with Crippen molar-refractivity contribution in [3.8, 4) is 0 Å². The Hall–Kier alpha value is -2.69. The van der Waals surface area contributed by atoms with Crippen molar-refractivity contribution in [1.29, 1.82) is 0 Å². The summed E-state index contributed by atoms with van der Waals surface area (Å²) in [5.74, 6) is 0.131. The molecule has 29 heavy (non-hydrogen) atoms. The summed E-state index contributed by atoms with van der Waals surface area (Å²) in [6.07, 6.45) is 9.65. The first-order chi connectivity index (χ1) is 14.2. The number of hydrogen-bond donors (Lipinski definition) is 0. The molecule has 1 saturated heterocycles. The van der Waals surface area contributed by atoms with E-state index >= 15 is 0 Å². The standard InChI is InChI=1S/C25H27N2O2/c1-19-8-10-20(11-9-19)27(16-3-2-7-25(27)28)24-13-12-21-22(24)5-4-6-23(21)26-14-17-29-18-15-26/h2-11,16,24H,12-15,17-18H2,1H3/q+1. The van der Waals surface area contributed by atoms with E-state index in [1.807, 2.05) is 12.2 Å². The van der Waals surface area contributed by atoms with Gasteiger partial charge < -0.3 is 9.64 Å². The lowest BCUT2D eigenvalue weighted by atomic mass is 9.99. The number of quaternary nitrogens is 1. The summed E-state index contributed by atoms with van der Waals surface area (Å²) in [5, 5.41) is 0. The molecule has 2 aromatic rings. The summed E-state index contributed by atoms with van der Waals surface area (Å²) in [5.41, 5.74) is 6.27. The Balaban J connectivity index is 1.62. The minimum atomic E-state index is 0.0994. The Morgan fingerprint density at radius 2 is 1.83 bits per heavy atom. The topological polar surface area (TPSA) is 29.5 Å². The largest absolute Gasteiger partial charge is 0.378 e. The molecule has 1 amide bonds. The van der Waals surface area contributed by atoms with Crippen molar-refractivity contribution in [2.24, 2.45) is 0 Å². The van der Waals surface area contributed by atoms with Crippen LogP contribution in [-0.2, 0) is 16.0 Å². The average molecular weight is 388 g/mol. The number of allylic oxidation sites excluding steroid dienone is 2. The molecule has 4 heteroatoms. The number of anilines is 1. The van der Waals surface area contributed by atoms with Gasteiger partial charge >= 0.3 is 5.91 Å². The fourth-order valence-corrected chi connectivity index (χ4v) is 5.10. The van der Waals surface area contributed by atoms with Gasteiger partial charge in [-0.3, -0.25) is 0 Å². The molecule has 0 bridgehead atoms. The quantitative estimate of drug-likeness (QED) is 0.730. The maximum atomic E-state index is 13.4. The lowest BCUT2D eigenvalue weighted by Gasteiger charge is -2.38. The molecule has 5 rings (SSSR count). The number of morpholine rings is 1. The molecule has 2 atom stereocenters. The van der Waals surface area contributed by atoms with Gasteiger partial charge in [-0.25, -0.2) is 4.79 Å². The third kappa shape index (κ3) is 2.95. The lowest BCUT2D eigenvalue weighted by Crippen LogP contribution is -2.51. The van der Waals surface area contributed by atoms with Gasteiger partial charge in [0.2, 0.25) is 0 Å². The van der Waals surface area contributed by atoms with E-state index in [-0.39, 0.29) is 16.4 Å². The van der Waals surface area contributed by atoms with Crippen LogP contribution in [0.15, 0.2) is 66.9 Å². The molecular formula is C25H27N2O2+. The van der Waals surface area contributed by atoms with Crippen LogP contribution in [0.4, 0.5) is 11.4 Å². The number of hydrogen-bond acceptors (Lipinski definition) is 3. The van der Waals surface area contributed by atoms with Gasteiger partial charge in [0.25, 0.3) is 0 Å². The van der Waals surface area contributed by atoms with E-state index in [1.54, 1.807) is 6.08 Å². The van der Waals surface area contributed by atoms with Crippen LogP contribution >= 0.6 is 0 Å². The Morgan fingerprint density at radius 3 is 2.59 bits per heavy atom. The van der Waals surface area contributed by atoms with Gasteiger partial charge in [-0.1, -0.05) is 29.8 Å². The Kier molecular flexibility index (Phi) is 4.61. The highest BCUT2D eigenvalue weighted by atomic mass is 16.5. The zero-order valence-corrected chi connectivity index (χ0v) is 16.9. The minimum Gasteiger partial charge on any atom is -0.378 e. The first-order valence-electron chi connectivity index (χ1n) is 10.5. The van der Waals surface area contributed by atoms with E-state index in [4.69, 9.17) is 4.74 Å². The van der Waals surface area contributed by atoms with Crippen molar-refractivity contribution in [3.05, 3.63) is 83.6 Å². The number of nitrogens with zero attached hydrogens (tertiary/aromatic N) is 2. The Labute approximate surface area is 172 Å². The van der Waals surface area contributed by atoms with Gasteiger partial charge in [0, 0.05) is 49.0 Å². The van der Waals surface area contributed by atoms with E-state index < -0.39 is 0 Å². The third-order valence-corrected chi connectivity index (χ3v) is 6.55. The van der Waals surface area contributed by atoms with Crippen LogP contribution in [0.25, 0.3) is 0 Å². The highest BCUT2D eigenvalue weighted by molar-refractivity contribution is 6.00. The molecular weight excluding hydrogens is 360 g/mol. The maximum Gasteiger partial charge on any atom is 0.348 e. The summed E-state index contributed by atoms with van der Waals surface area (Å²) in [7, 11) is 0. The van der Waals surface area contributed by atoms with Crippen LogP contribution < -0.4 is 9.38 Å². The normalized spacial score (nSPS) is 26.0. The van der Waals surface area contributed by atoms with Gasteiger partial charge in [-0.2, -0.15) is 4.48 Å². The lowest BCUT2D eigenvalue weighted by molar-refractivity contribution is -0.125. The number of amides is 1.